The van der Waals surface area contributed by atoms with Gasteiger partial charge in [-0.15, -0.1) is 23.2 Å². The van der Waals surface area contributed by atoms with Crippen molar-refractivity contribution in [3.05, 3.63) is 33.5 Å². The molecule has 0 fully saturated rings. The normalized spacial score (nSPS) is 13.4. The fraction of sp³-hybridized carbons (Fsp3) is 0.333. The lowest BCUT2D eigenvalue weighted by molar-refractivity contribution is 0.187. The summed E-state index contributed by atoms with van der Waals surface area (Å²) in [5, 5.41) is 9.55. The molecule has 0 aliphatic rings. The quantitative estimate of drug-likeness (QED) is 0.825. The first-order valence-corrected chi connectivity index (χ1v) is 5.52. The number of hydrogen-bond acceptors (Lipinski definition) is 1. The average molecular weight is 302 g/mol. The molecule has 0 amide bonds. The Morgan fingerprint density at radius 2 is 2.00 bits per heavy atom. The number of hydrogen-bond donors (Lipinski definition) is 1. The van der Waals surface area contributed by atoms with Gasteiger partial charge in [0.2, 0.25) is 0 Å². The summed E-state index contributed by atoms with van der Waals surface area (Å²) in [6, 6.07) is 2.88. The van der Waals surface area contributed by atoms with Crippen LogP contribution in [0.4, 0.5) is 4.39 Å². The molecule has 0 radical (unpaired) electrons. The third-order valence-corrected chi connectivity index (χ3v) is 3.38. The van der Waals surface area contributed by atoms with Crippen molar-refractivity contribution in [1.82, 2.24) is 0 Å². The fourth-order valence-corrected chi connectivity index (χ4v) is 1.88. The predicted molar refractivity (Wildman–Crippen MR) is 59.3 cm³/mol. The fourth-order valence-electron chi connectivity index (χ4n) is 1.08. The van der Waals surface area contributed by atoms with Crippen molar-refractivity contribution < 1.29 is 9.50 Å². The summed E-state index contributed by atoms with van der Waals surface area (Å²) in [7, 11) is 0. The van der Waals surface area contributed by atoms with Gasteiger partial charge in [0, 0.05) is 10.0 Å². The minimum absolute atomic E-state index is 0.0972. The molecule has 14 heavy (non-hydrogen) atoms. The molecule has 0 heterocycles. The lowest BCUT2D eigenvalue weighted by Crippen LogP contribution is -2.09. The van der Waals surface area contributed by atoms with Crippen LogP contribution in [0.5, 0.6) is 0 Å². The second kappa shape index (κ2) is 4.79. The van der Waals surface area contributed by atoms with Crippen molar-refractivity contribution in [3.63, 3.8) is 0 Å². The van der Waals surface area contributed by atoms with Crippen LogP contribution in [0.1, 0.15) is 17.2 Å². The highest BCUT2D eigenvalue weighted by atomic mass is 79.9. The largest absolute Gasteiger partial charge is 0.385 e. The minimum atomic E-state index is -1.23. The van der Waals surface area contributed by atoms with Crippen LogP contribution in [-0.2, 0) is 0 Å². The van der Waals surface area contributed by atoms with Gasteiger partial charge >= 0.3 is 0 Å². The van der Waals surface area contributed by atoms with Crippen LogP contribution >= 0.6 is 39.1 Å². The van der Waals surface area contributed by atoms with Crippen molar-refractivity contribution in [2.24, 2.45) is 0 Å². The molecule has 1 N–H and O–H groups in total. The molecule has 1 aromatic carbocycles. The van der Waals surface area contributed by atoms with Gasteiger partial charge in [-0.25, -0.2) is 4.39 Å². The number of halogens is 4. The number of benzene rings is 1. The lowest BCUT2D eigenvalue weighted by Gasteiger charge is -2.15. The van der Waals surface area contributed by atoms with Gasteiger partial charge in [-0.2, -0.15) is 0 Å². The molecule has 0 spiro atoms. The molecule has 1 unspecified atom stereocenters. The molecule has 5 heteroatoms. The lowest BCUT2D eigenvalue weighted by atomic mass is 10.1. The van der Waals surface area contributed by atoms with Crippen molar-refractivity contribution in [2.45, 2.75) is 17.9 Å². The standard InChI is InChI=1S/C9H8BrCl2FO/c1-4-2-3-5(13)6(7(4)10)8(14)9(11)12/h2-3,8-9,14H,1H3. The Labute approximate surface area is 100.0 Å². The molecule has 0 aromatic heterocycles. The maximum atomic E-state index is 13.3. The van der Waals surface area contributed by atoms with Crippen molar-refractivity contribution in [2.75, 3.05) is 0 Å². The molecule has 1 nitrogen and oxygen atoms in total. The van der Waals surface area contributed by atoms with E-state index in [0.29, 0.717) is 4.47 Å². The van der Waals surface area contributed by atoms with Crippen LogP contribution in [0, 0.1) is 12.7 Å². The van der Waals surface area contributed by atoms with Crippen LogP contribution in [0.3, 0.4) is 0 Å². The van der Waals surface area contributed by atoms with Crippen LogP contribution < -0.4 is 0 Å². The molecule has 1 rings (SSSR count). The van der Waals surface area contributed by atoms with Crippen LogP contribution in [0.25, 0.3) is 0 Å². The molecular weight excluding hydrogens is 294 g/mol. The monoisotopic (exact) mass is 300 g/mol. The van der Waals surface area contributed by atoms with E-state index in [0.717, 1.165) is 5.56 Å². The van der Waals surface area contributed by atoms with E-state index in [2.05, 4.69) is 15.9 Å². The second-order valence-electron chi connectivity index (χ2n) is 2.87. The Hall–Kier alpha value is 0.170. The maximum absolute atomic E-state index is 13.3. The zero-order valence-corrected chi connectivity index (χ0v) is 10.4. The third-order valence-electron chi connectivity index (χ3n) is 1.85. The third kappa shape index (κ3) is 2.40. The summed E-state index contributed by atoms with van der Waals surface area (Å²) in [6.07, 6.45) is -1.23. The molecule has 0 bridgehead atoms. The Balaban J connectivity index is 3.25. The summed E-state index contributed by atoms with van der Waals surface area (Å²) in [5.74, 6) is -0.527. The molecule has 0 aliphatic heterocycles. The minimum Gasteiger partial charge on any atom is -0.385 e. The maximum Gasteiger partial charge on any atom is 0.137 e. The van der Waals surface area contributed by atoms with E-state index in [-0.39, 0.29) is 5.56 Å². The van der Waals surface area contributed by atoms with Crippen LogP contribution in [-0.4, -0.2) is 9.94 Å². The summed E-state index contributed by atoms with van der Waals surface area (Å²) in [6.45, 7) is 1.79. The SMILES string of the molecule is Cc1ccc(F)c(C(O)C(Cl)Cl)c1Br. The molecule has 1 aromatic rings. The molecular formula is C9H8BrCl2FO. The van der Waals surface area contributed by atoms with Gasteiger partial charge in [-0.1, -0.05) is 22.0 Å². The highest BCUT2D eigenvalue weighted by molar-refractivity contribution is 9.10. The summed E-state index contributed by atoms with van der Waals surface area (Å²) in [5.41, 5.74) is 0.912. The zero-order chi connectivity index (χ0) is 10.9. The van der Waals surface area contributed by atoms with Crippen LogP contribution in [0.15, 0.2) is 16.6 Å². The van der Waals surface area contributed by atoms with Gasteiger partial charge in [0.1, 0.15) is 16.8 Å². The van der Waals surface area contributed by atoms with Crippen molar-refractivity contribution >= 4 is 39.1 Å². The van der Waals surface area contributed by atoms with Crippen molar-refractivity contribution in [1.29, 1.82) is 0 Å². The Kier molecular flexibility index (Phi) is 4.19. The van der Waals surface area contributed by atoms with E-state index < -0.39 is 16.8 Å². The second-order valence-corrected chi connectivity index (χ2v) is 4.83. The van der Waals surface area contributed by atoms with Gasteiger partial charge in [0.15, 0.2) is 0 Å². The predicted octanol–water partition coefficient (Wildman–Crippen LogP) is 3.73. The highest BCUT2D eigenvalue weighted by Gasteiger charge is 2.23. The topological polar surface area (TPSA) is 20.2 Å². The van der Waals surface area contributed by atoms with E-state index in [9.17, 15) is 9.50 Å². The summed E-state index contributed by atoms with van der Waals surface area (Å²) in [4.78, 5) is -1.05. The first-order chi connectivity index (χ1) is 6.45. The number of aliphatic hydroxyl groups excluding tert-OH is 1. The van der Waals surface area contributed by atoms with E-state index in [4.69, 9.17) is 23.2 Å². The Bertz CT molecular complexity index is 344. The zero-order valence-electron chi connectivity index (χ0n) is 7.27. The molecule has 1 atom stereocenters. The molecule has 0 aliphatic carbocycles. The highest BCUT2D eigenvalue weighted by Crippen LogP contribution is 2.33. The number of rotatable bonds is 2. The van der Waals surface area contributed by atoms with Gasteiger partial charge in [-0.3, -0.25) is 0 Å². The van der Waals surface area contributed by atoms with Crippen molar-refractivity contribution in [3.8, 4) is 0 Å². The van der Waals surface area contributed by atoms with E-state index in [1.165, 1.54) is 6.07 Å². The van der Waals surface area contributed by atoms with Gasteiger partial charge in [0.25, 0.3) is 0 Å². The first kappa shape index (κ1) is 12.2. The Morgan fingerprint density at radius 1 is 1.43 bits per heavy atom. The molecule has 78 valence electrons. The van der Waals surface area contributed by atoms with Gasteiger partial charge in [-0.05, 0) is 18.6 Å². The molecule has 0 saturated carbocycles. The van der Waals surface area contributed by atoms with Gasteiger partial charge < -0.3 is 5.11 Å². The smallest absolute Gasteiger partial charge is 0.137 e. The van der Waals surface area contributed by atoms with E-state index in [1.54, 1.807) is 13.0 Å². The average Bonchev–Trinajstić information content (AvgIpc) is 2.12. The summed E-state index contributed by atoms with van der Waals surface area (Å²) >= 11 is 14.2. The summed E-state index contributed by atoms with van der Waals surface area (Å²) < 4.78 is 13.8. The number of alkyl halides is 2. The van der Waals surface area contributed by atoms with Crippen LogP contribution in [0.2, 0.25) is 0 Å². The van der Waals surface area contributed by atoms with E-state index >= 15 is 0 Å². The van der Waals surface area contributed by atoms with Gasteiger partial charge in [0.05, 0.1) is 0 Å². The van der Waals surface area contributed by atoms with E-state index in [1.807, 2.05) is 0 Å². The molecule has 0 saturated heterocycles. The number of aliphatic hydroxyl groups is 1. The Morgan fingerprint density at radius 3 is 2.50 bits per heavy atom. The first-order valence-electron chi connectivity index (χ1n) is 3.86. The number of aryl methyl sites for hydroxylation is 1.